The van der Waals surface area contributed by atoms with Crippen molar-refractivity contribution in [3.8, 4) is 0 Å². The van der Waals surface area contributed by atoms with Crippen LogP contribution in [0.4, 0.5) is 0 Å². The molecule has 1 aliphatic rings. The van der Waals surface area contributed by atoms with Gasteiger partial charge in [0.1, 0.15) is 0 Å². The van der Waals surface area contributed by atoms with Gasteiger partial charge in [0, 0.05) is 0 Å². The van der Waals surface area contributed by atoms with Gasteiger partial charge in [-0.25, -0.2) is 0 Å². The predicted molar refractivity (Wildman–Crippen MR) is 79.5 cm³/mol. The highest BCUT2D eigenvalue weighted by Gasteiger charge is 2.45. The van der Waals surface area contributed by atoms with Crippen LogP contribution in [0, 0.1) is 28.6 Å². The van der Waals surface area contributed by atoms with Crippen LogP contribution in [-0.2, 0) is 0 Å². The van der Waals surface area contributed by atoms with Crippen molar-refractivity contribution in [2.24, 2.45) is 28.6 Å². The van der Waals surface area contributed by atoms with E-state index in [4.69, 9.17) is 0 Å². The highest BCUT2D eigenvalue weighted by Crippen LogP contribution is 2.49. The molecule has 1 fully saturated rings. The normalized spacial score (nSPS) is 34.7. The summed E-state index contributed by atoms with van der Waals surface area (Å²) in [6, 6.07) is 0. The number of hydrogen-bond donors (Lipinski definition) is 1. The Kier molecular flexibility index (Phi) is 4.92. The SMILES string of the molecule is CCCC1CC(C(C)(C)C)C(O)C(C(C)(C)C)C1. The van der Waals surface area contributed by atoms with Gasteiger partial charge in [0.2, 0.25) is 0 Å². The van der Waals surface area contributed by atoms with E-state index in [1.807, 2.05) is 0 Å². The fourth-order valence-corrected chi connectivity index (χ4v) is 3.75. The summed E-state index contributed by atoms with van der Waals surface area (Å²) >= 11 is 0. The largest absolute Gasteiger partial charge is 0.393 e. The molecule has 0 heterocycles. The molecule has 1 nitrogen and oxygen atoms in total. The average molecular weight is 254 g/mol. The zero-order valence-electron chi connectivity index (χ0n) is 13.6. The van der Waals surface area contributed by atoms with Crippen molar-refractivity contribution >= 4 is 0 Å². The van der Waals surface area contributed by atoms with Crippen molar-refractivity contribution < 1.29 is 5.11 Å². The van der Waals surface area contributed by atoms with Gasteiger partial charge in [0.05, 0.1) is 6.10 Å². The lowest BCUT2D eigenvalue weighted by Gasteiger charge is -2.49. The first-order valence-corrected chi connectivity index (χ1v) is 7.75. The lowest BCUT2D eigenvalue weighted by atomic mass is 9.58. The number of aliphatic hydroxyl groups excluding tert-OH is 1. The summed E-state index contributed by atoms with van der Waals surface area (Å²) in [5.41, 5.74) is 0.435. The third kappa shape index (κ3) is 3.73. The molecule has 1 heteroatoms. The molecule has 1 N–H and O–H groups in total. The van der Waals surface area contributed by atoms with E-state index >= 15 is 0 Å². The van der Waals surface area contributed by atoms with Gasteiger partial charge in [-0.2, -0.15) is 0 Å². The number of aliphatic hydroxyl groups is 1. The van der Waals surface area contributed by atoms with Crippen molar-refractivity contribution in [1.82, 2.24) is 0 Å². The molecule has 2 atom stereocenters. The van der Waals surface area contributed by atoms with Crippen LogP contribution >= 0.6 is 0 Å². The molecule has 1 rings (SSSR count). The van der Waals surface area contributed by atoms with E-state index in [0.717, 1.165) is 5.92 Å². The molecule has 0 aromatic heterocycles. The van der Waals surface area contributed by atoms with Gasteiger partial charge >= 0.3 is 0 Å². The van der Waals surface area contributed by atoms with E-state index < -0.39 is 0 Å². The van der Waals surface area contributed by atoms with Gasteiger partial charge in [-0.3, -0.25) is 0 Å². The minimum atomic E-state index is -0.127. The minimum Gasteiger partial charge on any atom is -0.393 e. The number of hydrogen-bond acceptors (Lipinski definition) is 1. The summed E-state index contributed by atoms with van der Waals surface area (Å²) in [5, 5.41) is 10.8. The first-order valence-electron chi connectivity index (χ1n) is 7.75. The summed E-state index contributed by atoms with van der Waals surface area (Å²) in [6.45, 7) is 16.0. The third-order valence-electron chi connectivity index (χ3n) is 4.92. The average Bonchev–Trinajstić information content (AvgIpc) is 2.17. The summed E-state index contributed by atoms with van der Waals surface area (Å²) < 4.78 is 0. The Balaban J connectivity index is 2.93. The lowest BCUT2D eigenvalue weighted by molar-refractivity contribution is -0.0845. The Morgan fingerprint density at radius 2 is 1.28 bits per heavy atom. The fourth-order valence-electron chi connectivity index (χ4n) is 3.75. The molecule has 0 bridgehead atoms. The summed E-state index contributed by atoms with van der Waals surface area (Å²) in [6.07, 6.45) is 4.90. The lowest BCUT2D eigenvalue weighted by Crippen LogP contribution is -2.47. The van der Waals surface area contributed by atoms with Crippen LogP contribution in [0.2, 0.25) is 0 Å². The molecule has 0 aromatic carbocycles. The summed E-state index contributed by atoms with van der Waals surface area (Å²) in [4.78, 5) is 0. The first-order chi connectivity index (χ1) is 8.07. The van der Waals surface area contributed by atoms with E-state index in [1.165, 1.54) is 25.7 Å². The van der Waals surface area contributed by atoms with Crippen LogP contribution in [0.1, 0.15) is 74.1 Å². The van der Waals surface area contributed by atoms with Crippen LogP contribution in [0.3, 0.4) is 0 Å². The second kappa shape index (κ2) is 5.53. The summed E-state index contributed by atoms with van der Waals surface area (Å²) in [5.74, 6) is 1.71. The Morgan fingerprint density at radius 1 is 0.889 bits per heavy atom. The van der Waals surface area contributed by atoms with Crippen molar-refractivity contribution in [1.29, 1.82) is 0 Å². The quantitative estimate of drug-likeness (QED) is 0.744. The van der Waals surface area contributed by atoms with Crippen molar-refractivity contribution in [3.05, 3.63) is 0 Å². The van der Waals surface area contributed by atoms with Gasteiger partial charge in [-0.15, -0.1) is 0 Å². The second-order valence-electron chi connectivity index (χ2n) is 8.56. The smallest absolute Gasteiger partial charge is 0.0606 e. The molecule has 0 saturated heterocycles. The molecule has 0 radical (unpaired) electrons. The molecule has 0 aromatic rings. The molecular formula is C17H34O. The van der Waals surface area contributed by atoms with E-state index in [0.29, 0.717) is 11.8 Å². The monoisotopic (exact) mass is 254 g/mol. The van der Waals surface area contributed by atoms with Crippen molar-refractivity contribution in [3.63, 3.8) is 0 Å². The van der Waals surface area contributed by atoms with E-state index in [-0.39, 0.29) is 16.9 Å². The Hall–Kier alpha value is -0.0400. The van der Waals surface area contributed by atoms with Crippen molar-refractivity contribution in [2.45, 2.75) is 80.3 Å². The van der Waals surface area contributed by atoms with E-state index in [9.17, 15) is 5.11 Å². The highest BCUT2D eigenvalue weighted by atomic mass is 16.3. The number of rotatable bonds is 2. The third-order valence-corrected chi connectivity index (χ3v) is 4.92. The molecule has 1 aliphatic carbocycles. The fraction of sp³-hybridized carbons (Fsp3) is 1.00. The molecule has 2 unspecified atom stereocenters. The van der Waals surface area contributed by atoms with Crippen molar-refractivity contribution in [2.75, 3.05) is 0 Å². The first kappa shape index (κ1) is 16.0. The molecule has 0 amide bonds. The van der Waals surface area contributed by atoms with Crippen LogP contribution in [-0.4, -0.2) is 11.2 Å². The second-order valence-corrected chi connectivity index (χ2v) is 8.56. The van der Waals surface area contributed by atoms with E-state index in [1.54, 1.807) is 0 Å². The Morgan fingerprint density at radius 3 is 1.56 bits per heavy atom. The van der Waals surface area contributed by atoms with Gasteiger partial charge in [-0.05, 0) is 41.4 Å². The predicted octanol–water partition coefficient (Wildman–Crippen LogP) is 4.88. The van der Waals surface area contributed by atoms with Gasteiger partial charge in [0.15, 0.2) is 0 Å². The maximum absolute atomic E-state index is 10.8. The van der Waals surface area contributed by atoms with E-state index in [2.05, 4.69) is 48.5 Å². The Labute approximate surface area is 114 Å². The standard InChI is InChI=1S/C17H34O/c1-8-9-12-10-13(16(2,3)4)15(18)14(11-12)17(5,6)7/h12-15,18H,8-11H2,1-7H3. The Bertz CT molecular complexity index is 232. The molecule has 0 aliphatic heterocycles. The highest BCUT2D eigenvalue weighted by molar-refractivity contribution is 4.95. The summed E-state index contributed by atoms with van der Waals surface area (Å²) in [7, 11) is 0. The maximum atomic E-state index is 10.8. The molecule has 0 spiro atoms. The van der Waals surface area contributed by atoms with Crippen LogP contribution in [0.25, 0.3) is 0 Å². The molecular weight excluding hydrogens is 220 g/mol. The van der Waals surface area contributed by atoms with Crippen LogP contribution in [0.15, 0.2) is 0 Å². The maximum Gasteiger partial charge on any atom is 0.0606 e. The molecule has 108 valence electrons. The van der Waals surface area contributed by atoms with Gasteiger partial charge in [0.25, 0.3) is 0 Å². The zero-order valence-corrected chi connectivity index (χ0v) is 13.6. The zero-order chi connectivity index (χ0) is 14.1. The topological polar surface area (TPSA) is 20.2 Å². The molecule has 18 heavy (non-hydrogen) atoms. The minimum absolute atomic E-state index is 0.127. The van der Waals surface area contributed by atoms with Crippen LogP contribution < -0.4 is 0 Å². The molecule has 1 saturated carbocycles. The van der Waals surface area contributed by atoms with Gasteiger partial charge < -0.3 is 5.11 Å². The van der Waals surface area contributed by atoms with Crippen LogP contribution in [0.5, 0.6) is 0 Å². The van der Waals surface area contributed by atoms with Gasteiger partial charge in [-0.1, -0.05) is 61.3 Å².